The molecule has 0 amide bonds. The Morgan fingerprint density at radius 1 is 1.11 bits per heavy atom. The molecule has 0 unspecified atom stereocenters. The molecule has 0 atom stereocenters. The molecule has 0 saturated carbocycles. The van der Waals surface area contributed by atoms with Gasteiger partial charge in [-0.25, -0.2) is 0 Å². The fraction of sp³-hybridized carbons (Fsp3) is 0.194. The van der Waals surface area contributed by atoms with Crippen molar-refractivity contribution in [3.8, 4) is 0 Å². The van der Waals surface area contributed by atoms with Gasteiger partial charge in [-0.2, -0.15) is 0 Å². The Morgan fingerprint density at radius 2 is 1.94 bits per heavy atom. The second-order valence-electron chi connectivity index (χ2n) is 9.29. The molecular formula is C31H32N4. The highest BCUT2D eigenvalue weighted by Gasteiger charge is 2.23. The summed E-state index contributed by atoms with van der Waals surface area (Å²) < 4.78 is 0. The topological polar surface area (TPSA) is 54.2 Å². The van der Waals surface area contributed by atoms with Crippen molar-refractivity contribution in [2.24, 2.45) is 5.73 Å². The highest BCUT2D eigenvalue weighted by atomic mass is 15.2. The van der Waals surface area contributed by atoms with Crippen LogP contribution in [0.15, 0.2) is 79.0 Å². The molecule has 3 heterocycles. The summed E-state index contributed by atoms with van der Waals surface area (Å²) in [5.74, 6) is 0. The number of benzene rings is 2. The number of nitrogens with zero attached hydrogens (tertiary/aromatic N) is 2. The predicted molar refractivity (Wildman–Crippen MR) is 149 cm³/mol. The second kappa shape index (κ2) is 9.77. The maximum absolute atomic E-state index is 6.00. The van der Waals surface area contributed by atoms with Gasteiger partial charge < -0.3 is 16.0 Å². The average molecular weight is 461 g/mol. The number of pyridine rings is 1. The lowest BCUT2D eigenvalue weighted by atomic mass is 9.95. The number of allylic oxidation sites excluding steroid dienone is 4. The fourth-order valence-corrected chi connectivity index (χ4v) is 4.70. The summed E-state index contributed by atoms with van der Waals surface area (Å²) in [5.41, 5.74) is 15.0. The van der Waals surface area contributed by atoms with Crippen molar-refractivity contribution in [3.05, 3.63) is 112 Å². The van der Waals surface area contributed by atoms with E-state index in [0.717, 1.165) is 47.0 Å². The molecule has 0 radical (unpaired) electrons. The van der Waals surface area contributed by atoms with Crippen LogP contribution in [0, 0.1) is 6.92 Å². The Labute approximate surface area is 207 Å². The molecule has 1 fully saturated rings. The van der Waals surface area contributed by atoms with Crippen molar-refractivity contribution < 1.29 is 0 Å². The van der Waals surface area contributed by atoms with Crippen LogP contribution in [0.3, 0.4) is 0 Å². The number of rotatable bonds is 5. The van der Waals surface area contributed by atoms with E-state index in [-0.39, 0.29) is 6.04 Å². The van der Waals surface area contributed by atoms with Crippen molar-refractivity contribution >= 4 is 35.2 Å². The Kier molecular flexibility index (Phi) is 6.39. The van der Waals surface area contributed by atoms with Crippen molar-refractivity contribution in [1.82, 2.24) is 10.3 Å². The molecule has 2 aliphatic heterocycles. The lowest BCUT2D eigenvalue weighted by Gasteiger charge is -2.39. The zero-order chi connectivity index (χ0) is 24.4. The van der Waals surface area contributed by atoms with Gasteiger partial charge in [0.15, 0.2) is 0 Å². The van der Waals surface area contributed by atoms with Gasteiger partial charge in [0.2, 0.25) is 0 Å². The minimum atomic E-state index is 0.279. The summed E-state index contributed by atoms with van der Waals surface area (Å²) in [7, 11) is 0. The zero-order valence-corrected chi connectivity index (χ0v) is 20.5. The number of dihydropyridines is 1. The Morgan fingerprint density at radius 3 is 2.71 bits per heavy atom. The van der Waals surface area contributed by atoms with Gasteiger partial charge in [-0.3, -0.25) is 4.98 Å². The van der Waals surface area contributed by atoms with Gasteiger partial charge in [-0.15, -0.1) is 0 Å². The van der Waals surface area contributed by atoms with Crippen LogP contribution in [0.1, 0.15) is 35.9 Å². The Balaban J connectivity index is 1.54. The zero-order valence-electron chi connectivity index (χ0n) is 20.5. The molecule has 0 aliphatic carbocycles. The van der Waals surface area contributed by atoms with E-state index in [1.165, 1.54) is 28.0 Å². The molecule has 176 valence electrons. The minimum absolute atomic E-state index is 0.279. The number of aryl methyl sites for hydroxylation is 1. The molecule has 35 heavy (non-hydrogen) atoms. The third kappa shape index (κ3) is 4.84. The van der Waals surface area contributed by atoms with Crippen LogP contribution in [0.5, 0.6) is 0 Å². The predicted octanol–water partition coefficient (Wildman–Crippen LogP) is 4.21. The molecule has 3 N–H and O–H groups in total. The second-order valence-corrected chi connectivity index (χ2v) is 9.29. The molecular weight excluding hydrogens is 428 g/mol. The monoisotopic (exact) mass is 460 g/mol. The van der Waals surface area contributed by atoms with E-state index >= 15 is 0 Å². The first-order chi connectivity index (χ1) is 17.0. The van der Waals surface area contributed by atoms with Crippen LogP contribution < -0.4 is 26.4 Å². The van der Waals surface area contributed by atoms with E-state index in [1.807, 2.05) is 19.2 Å². The fourth-order valence-electron chi connectivity index (χ4n) is 4.70. The third-order valence-electron chi connectivity index (χ3n) is 6.68. The molecule has 4 heteroatoms. The minimum Gasteiger partial charge on any atom is -0.368 e. The summed E-state index contributed by atoms with van der Waals surface area (Å²) in [6, 6.07) is 21.6. The lowest BCUT2D eigenvalue weighted by Crippen LogP contribution is -2.55. The van der Waals surface area contributed by atoms with Crippen LogP contribution in [-0.2, 0) is 0 Å². The van der Waals surface area contributed by atoms with E-state index in [9.17, 15) is 0 Å². The van der Waals surface area contributed by atoms with Crippen molar-refractivity contribution in [3.63, 3.8) is 0 Å². The van der Waals surface area contributed by atoms with E-state index in [1.54, 1.807) is 0 Å². The van der Waals surface area contributed by atoms with Crippen molar-refractivity contribution in [1.29, 1.82) is 0 Å². The molecule has 1 aromatic heterocycles. The normalized spacial score (nSPS) is 16.9. The molecule has 3 aromatic rings. The molecule has 2 aromatic carbocycles. The highest BCUT2D eigenvalue weighted by Crippen LogP contribution is 2.29. The molecule has 2 aliphatic rings. The molecule has 0 bridgehead atoms. The highest BCUT2D eigenvalue weighted by molar-refractivity contribution is 5.92. The quantitative estimate of drug-likeness (QED) is 0.599. The van der Waals surface area contributed by atoms with Crippen LogP contribution >= 0.6 is 0 Å². The van der Waals surface area contributed by atoms with Gasteiger partial charge in [0.25, 0.3) is 0 Å². The summed E-state index contributed by atoms with van der Waals surface area (Å²) in [6.45, 7) is 10.3. The first-order valence-corrected chi connectivity index (χ1v) is 12.2. The SMILES string of the molecule is C=c1ccc(C2=C(c3cccc(C)n3)NC=CC2)c/c1=C/C(=C\C)c1cccc(N2CC(N)C2)c1. The van der Waals surface area contributed by atoms with Crippen LogP contribution in [0.2, 0.25) is 0 Å². The van der Waals surface area contributed by atoms with E-state index in [4.69, 9.17) is 10.7 Å². The lowest BCUT2D eigenvalue weighted by molar-refractivity contribution is 0.519. The van der Waals surface area contributed by atoms with Crippen molar-refractivity contribution in [2.75, 3.05) is 18.0 Å². The first-order valence-electron chi connectivity index (χ1n) is 12.2. The maximum atomic E-state index is 6.00. The number of hydrogen-bond donors (Lipinski definition) is 2. The summed E-state index contributed by atoms with van der Waals surface area (Å²) in [4.78, 5) is 7.08. The Hall–Kier alpha value is -3.89. The van der Waals surface area contributed by atoms with Crippen LogP contribution in [0.25, 0.3) is 29.5 Å². The number of anilines is 1. The van der Waals surface area contributed by atoms with Gasteiger partial charge in [0.1, 0.15) is 0 Å². The summed E-state index contributed by atoms with van der Waals surface area (Å²) >= 11 is 0. The van der Waals surface area contributed by atoms with Crippen LogP contribution in [-0.4, -0.2) is 24.1 Å². The van der Waals surface area contributed by atoms with E-state index in [0.29, 0.717) is 0 Å². The summed E-state index contributed by atoms with van der Waals surface area (Å²) in [5, 5.41) is 5.56. The first kappa shape index (κ1) is 22.9. The van der Waals surface area contributed by atoms with Gasteiger partial charge >= 0.3 is 0 Å². The van der Waals surface area contributed by atoms with Crippen molar-refractivity contribution in [2.45, 2.75) is 26.3 Å². The average Bonchev–Trinajstić information content (AvgIpc) is 2.86. The molecule has 5 rings (SSSR count). The van der Waals surface area contributed by atoms with Crippen LogP contribution in [0.4, 0.5) is 5.69 Å². The van der Waals surface area contributed by atoms with E-state index in [2.05, 4.69) is 96.5 Å². The number of hydrogen-bond acceptors (Lipinski definition) is 4. The standard InChI is InChI=1S/C31H32N4/c1-4-23(24-9-6-10-28(18-24)35-19-27(32)20-35)16-26-17-25(14-13-21(26)2)29-11-7-15-33-31(29)30-12-5-8-22(3)34-30/h4-10,12-18,27,33H,2,11,19-20,32H2,1,3H3/b23-4+,26-16-. The van der Waals surface area contributed by atoms with E-state index < -0.39 is 0 Å². The molecule has 4 nitrogen and oxygen atoms in total. The summed E-state index contributed by atoms with van der Waals surface area (Å²) in [6.07, 6.45) is 9.41. The maximum Gasteiger partial charge on any atom is 0.0870 e. The largest absolute Gasteiger partial charge is 0.368 e. The number of aromatic nitrogens is 1. The number of nitrogens with two attached hydrogens (primary N) is 1. The third-order valence-corrected chi connectivity index (χ3v) is 6.68. The van der Waals surface area contributed by atoms with Gasteiger partial charge in [-0.05, 0) is 95.6 Å². The van der Waals surface area contributed by atoms with Gasteiger partial charge in [-0.1, -0.05) is 49.1 Å². The van der Waals surface area contributed by atoms with Gasteiger partial charge in [0.05, 0.1) is 11.4 Å². The molecule has 0 spiro atoms. The Bertz CT molecular complexity index is 1460. The van der Waals surface area contributed by atoms with Gasteiger partial charge in [0, 0.05) is 30.5 Å². The number of nitrogens with one attached hydrogen (secondary N) is 1. The smallest absolute Gasteiger partial charge is 0.0870 e. The molecule has 1 saturated heterocycles.